The normalized spacial score (nSPS) is 10.5. The van der Waals surface area contributed by atoms with Gasteiger partial charge >= 0.3 is 0 Å². The maximum Gasteiger partial charge on any atom is 0.230 e. The number of hydrogen-bond acceptors (Lipinski definition) is 3. The molecule has 3 nitrogen and oxygen atoms in total. The van der Waals surface area contributed by atoms with E-state index in [1.807, 2.05) is 54.8 Å². The Hall–Kier alpha value is -2.46. The van der Waals surface area contributed by atoms with Gasteiger partial charge in [0, 0.05) is 10.9 Å². The first-order chi connectivity index (χ1) is 11.1. The number of aryl methyl sites for hydroxylation is 2. The number of amides is 1. The van der Waals surface area contributed by atoms with Crippen molar-refractivity contribution in [3.63, 3.8) is 0 Å². The molecule has 0 saturated carbocycles. The van der Waals surface area contributed by atoms with Crippen LogP contribution >= 0.6 is 11.3 Å². The molecule has 0 aliphatic rings. The van der Waals surface area contributed by atoms with Crippen molar-refractivity contribution in [2.75, 3.05) is 5.32 Å². The van der Waals surface area contributed by atoms with Crippen LogP contribution in [0.5, 0.6) is 0 Å². The zero-order valence-corrected chi connectivity index (χ0v) is 14.0. The predicted molar refractivity (Wildman–Crippen MR) is 95.8 cm³/mol. The molecule has 1 amide bonds. The molecule has 0 aliphatic carbocycles. The molecule has 3 rings (SSSR count). The SMILES string of the molecule is Cc1ccc(CC(=O)Nc2nc(-c3ccccc3)cs2)c(C)c1. The first-order valence-electron chi connectivity index (χ1n) is 7.49. The molecule has 0 spiro atoms. The highest BCUT2D eigenvalue weighted by Crippen LogP contribution is 2.24. The minimum Gasteiger partial charge on any atom is -0.302 e. The van der Waals surface area contributed by atoms with Crippen molar-refractivity contribution in [1.82, 2.24) is 4.98 Å². The van der Waals surface area contributed by atoms with E-state index in [2.05, 4.69) is 23.3 Å². The summed E-state index contributed by atoms with van der Waals surface area (Å²) in [5, 5.41) is 5.49. The van der Waals surface area contributed by atoms with Gasteiger partial charge in [0.2, 0.25) is 5.91 Å². The highest BCUT2D eigenvalue weighted by atomic mass is 32.1. The molecule has 2 aromatic carbocycles. The molecule has 1 aromatic heterocycles. The summed E-state index contributed by atoms with van der Waals surface area (Å²) in [6.07, 6.45) is 0.367. The first kappa shape index (κ1) is 15.4. The molecule has 1 heterocycles. The molecule has 0 fully saturated rings. The fourth-order valence-electron chi connectivity index (χ4n) is 2.45. The molecule has 0 saturated heterocycles. The lowest BCUT2D eigenvalue weighted by Gasteiger charge is -2.06. The second-order valence-electron chi connectivity index (χ2n) is 5.56. The van der Waals surface area contributed by atoms with E-state index in [0.29, 0.717) is 11.6 Å². The zero-order chi connectivity index (χ0) is 16.2. The van der Waals surface area contributed by atoms with E-state index in [1.54, 1.807) is 0 Å². The molecule has 23 heavy (non-hydrogen) atoms. The van der Waals surface area contributed by atoms with E-state index >= 15 is 0 Å². The van der Waals surface area contributed by atoms with Gasteiger partial charge in [-0.05, 0) is 25.0 Å². The van der Waals surface area contributed by atoms with Gasteiger partial charge in [-0.25, -0.2) is 4.98 Å². The second-order valence-corrected chi connectivity index (χ2v) is 6.42. The van der Waals surface area contributed by atoms with Gasteiger partial charge in [0.05, 0.1) is 12.1 Å². The molecule has 116 valence electrons. The Morgan fingerprint density at radius 3 is 2.65 bits per heavy atom. The minimum absolute atomic E-state index is 0.0362. The van der Waals surface area contributed by atoms with Crippen molar-refractivity contribution in [3.8, 4) is 11.3 Å². The third-order valence-electron chi connectivity index (χ3n) is 3.67. The summed E-state index contributed by atoms with van der Waals surface area (Å²) < 4.78 is 0. The highest BCUT2D eigenvalue weighted by molar-refractivity contribution is 7.14. The Balaban J connectivity index is 1.68. The summed E-state index contributed by atoms with van der Waals surface area (Å²) in [7, 11) is 0. The number of benzene rings is 2. The van der Waals surface area contributed by atoms with Crippen LogP contribution in [0.25, 0.3) is 11.3 Å². The van der Waals surface area contributed by atoms with Crippen molar-refractivity contribution < 1.29 is 4.79 Å². The lowest BCUT2D eigenvalue weighted by atomic mass is 10.0. The molecular formula is C19H18N2OS. The molecule has 0 bridgehead atoms. The largest absolute Gasteiger partial charge is 0.302 e. The van der Waals surface area contributed by atoms with Gasteiger partial charge in [0.15, 0.2) is 5.13 Å². The number of anilines is 1. The second kappa shape index (κ2) is 6.75. The summed E-state index contributed by atoms with van der Waals surface area (Å²) >= 11 is 1.45. The highest BCUT2D eigenvalue weighted by Gasteiger charge is 2.10. The number of nitrogens with one attached hydrogen (secondary N) is 1. The van der Waals surface area contributed by atoms with Crippen molar-refractivity contribution in [2.45, 2.75) is 20.3 Å². The van der Waals surface area contributed by atoms with Crippen LogP contribution in [-0.2, 0) is 11.2 Å². The predicted octanol–water partition coefficient (Wildman–Crippen LogP) is 4.61. The maximum absolute atomic E-state index is 12.2. The number of nitrogens with zero attached hydrogens (tertiary/aromatic N) is 1. The van der Waals surface area contributed by atoms with E-state index in [4.69, 9.17) is 0 Å². The van der Waals surface area contributed by atoms with Crippen LogP contribution < -0.4 is 5.32 Å². The van der Waals surface area contributed by atoms with Crippen LogP contribution in [0.2, 0.25) is 0 Å². The van der Waals surface area contributed by atoms with Crippen LogP contribution in [0.1, 0.15) is 16.7 Å². The first-order valence-corrected chi connectivity index (χ1v) is 8.37. The average molecular weight is 322 g/mol. The maximum atomic E-state index is 12.2. The van der Waals surface area contributed by atoms with Gasteiger partial charge in [-0.2, -0.15) is 0 Å². The van der Waals surface area contributed by atoms with Gasteiger partial charge in [-0.3, -0.25) is 4.79 Å². The quantitative estimate of drug-likeness (QED) is 0.762. The van der Waals surface area contributed by atoms with Crippen LogP contribution in [-0.4, -0.2) is 10.9 Å². The Bertz CT molecular complexity index is 824. The molecule has 1 N–H and O–H groups in total. The molecule has 3 aromatic rings. The standard InChI is InChI=1S/C19H18N2OS/c1-13-8-9-16(14(2)10-13)11-18(22)21-19-20-17(12-23-19)15-6-4-3-5-7-15/h3-10,12H,11H2,1-2H3,(H,20,21,22). The van der Waals surface area contributed by atoms with E-state index in [1.165, 1.54) is 16.9 Å². The Morgan fingerprint density at radius 1 is 1.13 bits per heavy atom. The number of hydrogen-bond donors (Lipinski definition) is 1. The molecule has 0 aliphatic heterocycles. The Kier molecular flexibility index (Phi) is 4.53. The third kappa shape index (κ3) is 3.85. The topological polar surface area (TPSA) is 42.0 Å². The molecule has 0 atom stereocenters. The van der Waals surface area contributed by atoms with Crippen LogP contribution in [0.4, 0.5) is 5.13 Å². The van der Waals surface area contributed by atoms with E-state index in [9.17, 15) is 4.79 Å². The minimum atomic E-state index is -0.0362. The average Bonchev–Trinajstić information content (AvgIpc) is 2.99. The fraction of sp³-hybridized carbons (Fsp3) is 0.158. The van der Waals surface area contributed by atoms with E-state index < -0.39 is 0 Å². The Morgan fingerprint density at radius 2 is 1.91 bits per heavy atom. The van der Waals surface area contributed by atoms with Gasteiger partial charge < -0.3 is 5.32 Å². The van der Waals surface area contributed by atoms with E-state index in [0.717, 1.165) is 22.4 Å². The summed E-state index contributed by atoms with van der Waals surface area (Å²) in [6.45, 7) is 4.09. The van der Waals surface area contributed by atoms with Gasteiger partial charge in [0.25, 0.3) is 0 Å². The summed E-state index contributed by atoms with van der Waals surface area (Å²) in [4.78, 5) is 16.7. The lowest BCUT2D eigenvalue weighted by Crippen LogP contribution is -2.14. The van der Waals surface area contributed by atoms with Gasteiger partial charge in [-0.15, -0.1) is 11.3 Å². The number of aromatic nitrogens is 1. The van der Waals surface area contributed by atoms with Crippen LogP contribution in [0, 0.1) is 13.8 Å². The van der Waals surface area contributed by atoms with E-state index in [-0.39, 0.29) is 5.91 Å². The number of thiazole rings is 1. The zero-order valence-electron chi connectivity index (χ0n) is 13.2. The Labute approximate surface area is 140 Å². The molecular weight excluding hydrogens is 304 g/mol. The third-order valence-corrected chi connectivity index (χ3v) is 4.43. The van der Waals surface area contributed by atoms with Crippen LogP contribution in [0.3, 0.4) is 0 Å². The molecule has 4 heteroatoms. The number of rotatable bonds is 4. The van der Waals surface area contributed by atoms with Crippen molar-refractivity contribution >= 4 is 22.4 Å². The van der Waals surface area contributed by atoms with Crippen molar-refractivity contribution in [2.24, 2.45) is 0 Å². The van der Waals surface area contributed by atoms with Crippen molar-refractivity contribution in [3.05, 3.63) is 70.6 Å². The fourth-order valence-corrected chi connectivity index (χ4v) is 3.19. The number of carbonyl (C=O) groups is 1. The summed E-state index contributed by atoms with van der Waals surface area (Å²) in [5.41, 5.74) is 5.34. The molecule has 0 radical (unpaired) electrons. The monoisotopic (exact) mass is 322 g/mol. The summed E-state index contributed by atoms with van der Waals surface area (Å²) in [6, 6.07) is 16.1. The van der Waals surface area contributed by atoms with Gasteiger partial charge in [0.1, 0.15) is 0 Å². The number of carbonyl (C=O) groups excluding carboxylic acids is 1. The lowest BCUT2D eigenvalue weighted by molar-refractivity contribution is -0.115. The smallest absolute Gasteiger partial charge is 0.230 e. The molecule has 0 unspecified atom stereocenters. The van der Waals surface area contributed by atoms with Gasteiger partial charge in [-0.1, -0.05) is 54.1 Å². The van der Waals surface area contributed by atoms with Crippen LogP contribution in [0.15, 0.2) is 53.9 Å². The van der Waals surface area contributed by atoms with Crippen molar-refractivity contribution in [1.29, 1.82) is 0 Å². The summed E-state index contributed by atoms with van der Waals surface area (Å²) in [5.74, 6) is -0.0362.